The van der Waals surface area contributed by atoms with E-state index in [4.69, 9.17) is 0 Å². The van der Waals surface area contributed by atoms with Crippen molar-refractivity contribution in [1.29, 1.82) is 0 Å². The number of rotatable bonds is 0. The molecule has 0 aliphatic heterocycles. The lowest BCUT2D eigenvalue weighted by Crippen LogP contribution is -1.95. The Hall–Kier alpha value is -0.990. The molecule has 0 saturated heterocycles. The molecule has 16 heavy (non-hydrogen) atoms. The lowest BCUT2D eigenvalue weighted by Gasteiger charge is -1.88. The van der Waals surface area contributed by atoms with Gasteiger partial charge in [0.25, 0.3) is 0 Å². The third kappa shape index (κ3) is 38.2. The number of hydrogen-bond acceptors (Lipinski definition) is 0. The minimum absolute atomic E-state index is 0.188. The molecule has 0 aliphatic carbocycles. The smallest absolute Gasteiger partial charge is 0.172 e. The summed E-state index contributed by atoms with van der Waals surface area (Å²) in [6.07, 6.45) is -4.00. The molecule has 0 aliphatic rings. The zero-order chi connectivity index (χ0) is 13.6. The fourth-order valence-corrected chi connectivity index (χ4v) is 0.534. The van der Waals surface area contributed by atoms with Crippen molar-refractivity contribution in [3.05, 3.63) is 35.9 Å². The summed E-state index contributed by atoms with van der Waals surface area (Å²) in [6, 6.07) is 10.3. The predicted octanol–water partition coefficient (Wildman–Crippen LogP) is 5.62. The van der Waals surface area contributed by atoms with Crippen LogP contribution in [0.15, 0.2) is 30.3 Å². The first-order valence-corrected chi connectivity index (χ1v) is 5.48. The lowest BCUT2D eigenvalue weighted by molar-refractivity contribution is -0.110. The summed E-state index contributed by atoms with van der Waals surface area (Å²) < 4.78 is 31.1. The first-order valence-electron chi connectivity index (χ1n) is 5.48. The maximum Gasteiger partial charge on any atom is 0.386 e. The van der Waals surface area contributed by atoms with E-state index in [1.807, 2.05) is 45.9 Å². The fourth-order valence-electron chi connectivity index (χ4n) is 0.534. The number of halogens is 3. The van der Waals surface area contributed by atoms with Crippen LogP contribution in [0.2, 0.25) is 0 Å². The van der Waals surface area contributed by atoms with Gasteiger partial charge < -0.3 is 0 Å². The molecule has 0 nitrogen and oxygen atoms in total. The molecule has 1 aromatic carbocycles. The van der Waals surface area contributed by atoms with Crippen LogP contribution in [0.25, 0.3) is 0 Å². The summed E-state index contributed by atoms with van der Waals surface area (Å²) in [5, 5.41) is 0. The summed E-state index contributed by atoms with van der Waals surface area (Å²) in [6.45, 7) is 10.3. The highest BCUT2D eigenvalue weighted by atomic mass is 19.4. The molecule has 0 N–H and O–H groups in total. The topological polar surface area (TPSA) is 0 Å². The molecule has 0 radical (unpaired) electrons. The summed E-state index contributed by atoms with van der Waals surface area (Å²) in [5.74, 6) is 0. The van der Waals surface area contributed by atoms with Gasteiger partial charge >= 0.3 is 6.18 Å². The van der Waals surface area contributed by atoms with Crippen LogP contribution >= 0.6 is 0 Å². The van der Waals surface area contributed by atoms with E-state index in [0.29, 0.717) is 0 Å². The minimum atomic E-state index is -4.00. The Morgan fingerprint density at radius 2 is 1.06 bits per heavy atom. The van der Waals surface area contributed by atoms with Crippen molar-refractivity contribution < 1.29 is 13.2 Å². The molecule has 3 heteroatoms. The average molecular weight is 236 g/mol. The average Bonchev–Trinajstić information content (AvgIpc) is 2.22. The first kappa shape index (κ1) is 20.4. The maximum atomic E-state index is 10.4. The number of alkyl halides is 3. The second kappa shape index (κ2) is 14.0. The van der Waals surface area contributed by atoms with Gasteiger partial charge in [0.1, 0.15) is 0 Å². The quantitative estimate of drug-likeness (QED) is 0.548. The number of hydrogen-bond donors (Lipinski definition) is 0. The van der Waals surface area contributed by atoms with E-state index in [1.54, 1.807) is 0 Å². The van der Waals surface area contributed by atoms with Crippen molar-refractivity contribution in [2.24, 2.45) is 0 Å². The summed E-state index contributed by atoms with van der Waals surface area (Å²) in [5.41, 5.74) is 1.32. The van der Waals surface area contributed by atoms with E-state index in [2.05, 4.69) is 19.1 Å². The van der Waals surface area contributed by atoms with Crippen molar-refractivity contribution in [3.8, 4) is 0 Å². The molecular formula is C13H23F3. The molecule has 0 saturated carbocycles. The van der Waals surface area contributed by atoms with Gasteiger partial charge in [-0.3, -0.25) is 0 Å². The summed E-state index contributed by atoms with van der Waals surface area (Å²) >= 11 is 0. The Balaban J connectivity index is -0.000000167. The van der Waals surface area contributed by atoms with E-state index in [-0.39, 0.29) is 6.92 Å². The van der Waals surface area contributed by atoms with Crippen LogP contribution < -0.4 is 0 Å². The Morgan fingerprint density at radius 1 is 0.812 bits per heavy atom. The van der Waals surface area contributed by atoms with Crippen molar-refractivity contribution >= 4 is 0 Å². The first-order chi connectivity index (χ1) is 7.39. The fraction of sp³-hybridized carbons (Fsp3) is 0.538. The van der Waals surface area contributed by atoms with Gasteiger partial charge in [0.15, 0.2) is 0 Å². The molecule has 0 atom stereocenters. The van der Waals surface area contributed by atoms with Crippen LogP contribution in [0, 0.1) is 6.92 Å². The second-order valence-electron chi connectivity index (χ2n) is 2.44. The molecule has 0 aromatic heterocycles. The van der Waals surface area contributed by atoms with Crippen molar-refractivity contribution in [1.82, 2.24) is 0 Å². The van der Waals surface area contributed by atoms with Crippen molar-refractivity contribution in [2.75, 3.05) is 0 Å². The standard InChI is InChI=1S/C7H8.C2H3F3.2C2H6/c1-7-5-3-2-4-6-7;1-2(3,4)5;2*1-2/h2-6H,1H3;1H3;2*1-2H3. The molecular weight excluding hydrogens is 213 g/mol. The normalized spacial score (nSPS) is 8.31. The molecule has 1 aromatic rings. The Bertz CT molecular complexity index is 196. The predicted molar refractivity (Wildman–Crippen MR) is 65.6 cm³/mol. The van der Waals surface area contributed by atoms with Crippen molar-refractivity contribution in [3.63, 3.8) is 0 Å². The maximum absolute atomic E-state index is 10.4. The highest BCUT2D eigenvalue weighted by molar-refractivity contribution is 5.11. The van der Waals surface area contributed by atoms with Crippen LogP contribution in [0.1, 0.15) is 40.2 Å². The molecule has 0 fully saturated rings. The van der Waals surface area contributed by atoms with Gasteiger partial charge in [-0.2, -0.15) is 13.2 Å². The SMILES string of the molecule is CC.CC.CC(F)(F)F.Cc1ccccc1. The molecule has 0 bridgehead atoms. The zero-order valence-electron chi connectivity index (χ0n) is 11.0. The lowest BCUT2D eigenvalue weighted by atomic mass is 10.2. The minimum Gasteiger partial charge on any atom is -0.172 e. The Kier molecular flexibility index (Phi) is 17.9. The van der Waals surface area contributed by atoms with E-state index in [9.17, 15) is 13.2 Å². The van der Waals surface area contributed by atoms with Gasteiger partial charge in [0.05, 0.1) is 0 Å². The van der Waals surface area contributed by atoms with Crippen LogP contribution in [-0.2, 0) is 0 Å². The molecule has 0 spiro atoms. The molecule has 0 unspecified atom stereocenters. The van der Waals surface area contributed by atoms with Gasteiger partial charge in [-0.25, -0.2) is 0 Å². The van der Waals surface area contributed by atoms with Crippen LogP contribution in [-0.4, -0.2) is 6.18 Å². The van der Waals surface area contributed by atoms with E-state index in [0.717, 1.165) is 0 Å². The third-order valence-corrected chi connectivity index (χ3v) is 0.940. The third-order valence-electron chi connectivity index (χ3n) is 0.940. The van der Waals surface area contributed by atoms with Crippen LogP contribution in [0.4, 0.5) is 13.2 Å². The van der Waals surface area contributed by atoms with Gasteiger partial charge in [-0.1, -0.05) is 63.6 Å². The number of benzene rings is 1. The zero-order valence-corrected chi connectivity index (χ0v) is 11.0. The molecule has 1 rings (SSSR count). The van der Waals surface area contributed by atoms with E-state index in [1.165, 1.54) is 5.56 Å². The molecule has 0 heterocycles. The molecule has 0 amide bonds. The van der Waals surface area contributed by atoms with Crippen molar-refractivity contribution in [2.45, 2.75) is 47.7 Å². The van der Waals surface area contributed by atoms with Crippen LogP contribution in [0.5, 0.6) is 0 Å². The van der Waals surface area contributed by atoms with Gasteiger partial charge in [0.2, 0.25) is 0 Å². The highest BCUT2D eigenvalue weighted by Crippen LogP contribution is 2.10. The number of aryl methyl sites for hydroxylation is 1. The van der Waals surface area contributed by atoms with Crippen LogP contribution in [0.3, 0.4) is 0 Å². The summed E-state index contributed by atoms with van der Waals surface area (Å²) in [7, 11) is 0. The monoisotopic (exact) mass is 236 g/mol. The Labute approximate surface area is 97.5 Å². The van der Waals surface area contributed by atoms with Gasteiger partial charge in [0, 0.05) is 6.92 Å². The van der Waals surface area contributed by atoms with E-state index >= 15 is 0 Å². The highest BCUT2D eigenvalue weighted by Gasteiger charge is 2.15. The second-order valence-corrected chi connectivity index (χ2v) is 2.44. The largest absolute Gasteiger partial charge is 0.386 e. The molecule has 96 valence electrons. The van der Waals surface area contributed by atoms with E-state index < -0.39 is 6.18 Å². The van der Waals surface area contributed by atoms with Gasteiger partial charge in [-0.05, 0) is 6.92 Å². The van der Waals surface area contributed by atoms with Gasteiger partial charge in [-0.15, -0.1) is 0 Å². The summed E-state index contributed by atoms with van der Waals surface area (Å²) in [4.78, 5) is 0. The Morgan fingerprint density at radius 3 is 1.19 bits per heavy atom.